The van der Waals surface area contributed by atoms with Gasteiger partial charge in [0.05, 0.1) is 4.34 Å². The molecule has 0 aliphatic heterocycles. The van der Waals surface area contributed by atoms with Crippen LogP contribution in [0.25, 0.3) is 10.9 Å². The molecule has 0 atom stereocenters. The van der Waals surface area contributed by atoms with Gasteiger partial charge in [0, 0.05) is 29.1 Å². The van der Waals surface area contributed by atoms with Crippen molar-refractivity contribution in [3.05, 3.63) is 52.2 Å². The van der Waals surface area contributed by atoms with Gasteiger partial charge in [-0.2, -0.15) is 0 Å². The van der Waals surface area contributed by atoms with E-state index in [2.05, 4.69) is 9.71 Å². The molecule has 128 valence electrons. The highest BCUT2D eigenvalue weighted by Gasteiger charge is 2.27. The molecule has 0 radical (unpaired) electrons. The molecule has 4 nitrogen and oxygen atoms in total. The van der Waals surface area contributed by atoms with Gasteiger partial charge in [-0.15, -0.1) is 11.3 Å². The van der Waals surface area contributed by atoms with E-state index in [-0.39, 0.29) is 16.6 Å². The van der Waals surface area contributed by atoms with Crippen LogP contribution >= 0.6 is 22.9 Å². The van der Waals surface area contributed by atoms with Gasteiger partial charge in [0.25, 0.3) is 0 Å². The van der Waals surface area contributed by atoms with Gasteiger partial charge in [0.1, 0.15) is 10.0 Å². The van der Waals surface area contributed by atoms with Gasteiger partial charge in [-0.25, -0.2) is 17.5 Å². The van der Waals surface area contributed by atoms with Crippen LogP contribution in [0.1, 0.15) is 19.4 Å². The smallest absolute Gasteiger partial charge is 0.250 e. The van der Waals surface area contributed by atoms with Crippen LogP contribution in [-0.2, 0) is 15.4 Å². The van der Waals surface area contributed by atoms with Crippen LogP contribution < -0.4 is 4.72 Å². The third-order valence-corrected chi connectivity index (χ3v) is 7.01. The van der Waals surface area contributed by atoms with Crippen LogP contribution in [0.2, 0.25) is 4.34 Å². The largest absolute Gasteiger partial charge is 0.361 e. The van der Waals surface area contributed by atoms with Gasteiger partial charge in [0.2, 0.25) is 10.0 Å². The summed E-state index contributed by atoms with van der Waals surface area (Å²) in [6.45, 7) is 4.07. The summed E-state index contributed by atoms with van der Waals surface area (Å²) in [6, 6.07) is 7.56. The molecular formula is C16H16ClFN2O2S2. The number of rotatable bonds is 5. The van der Waals surface area contributed by atoms with E-state index in [1.54, 1.807) is 18.3 Å². The average molecular weight is 387 g/mol. The predicted molar refractivity (Wildman–Crippen MR) is 95.8 cm³/mol. The van der Waals surface area contributed by atoms with Gasteiger partial charge in [-0.3, -0.25) is 0 Å². The van der Waals surface area contributed by atoms with Crippen LogP contribution in [0.15, 0.2) is 40.7 Å². The second kappa shape index (κ2) is 6.15. The number of halogens is 2. The maximum Gasteiger partial charge on any atom is 0.250 e. The van der Waals surface area contributed by atoms with Crippen LogP contribution in [0.5, 0.6) is 0 Å². The van der Waals surface area contributed by atoms with Gasteiger partial charge < -0.3 is 4.98 Å². The molecule has 0 amide bonds. The molecule has 0 aliphatic carbocycles. The Hall–Kier alpha value is -1.41. The van der Waals surface area contributed by atoms with E-state index < -0.39 is 15.4 Å². The minimum atomic E-state index is -3.61. The molecule has 24 heavy (non-hydrogen) atoms. The molecule has 0 unspecified atom stereocenters. The third-order valence-electron chi connectivity index (χ3n) is 3.89. The highest BCUT2D eigenvalue weighted by atomic mass is 35.5. The Morgan fingerprint density at radius 2 is 2.04 bits per heavy atom. The maximum atomic E-state index is 13.3. The number of thiophene rings is 1. The molecule has 0 fully saturated rings. The zero-order chi connectivity index (χ0) is 17.5. The summed E-state index contributed by atoms with van der Waals surface area (Å²) < 4.78 is 41.3. The molecule has 0 aliphatic rings. The van der Waals surface area contributed by atoms with Crippen LogP contribution in [0.4, 0.5) is 4.39 Å². The number of aromatic nitrogens is 1. The lowest BCUT2D eigenvalue weighted by Gasteiger charge is -2.24. The Morgan fingerprint density at radius 3 is 2.71 bits per heavy atom. The maximum absolute atomic E-state index is 13.3. The lowest BCUT2D eigenvalue weighted by atomic mass is 9.85. The Kier molecular flexibility index (Phi) is 4.46. The number of hydrogen-bond acceptors (Lipinski definition) is 3. The van der Waals surface area contributed by atoms with E-state index in [1.165, 1.54) is 18.2 Å². The van der Waals surface area contributed by atoms with Gasteiger partial charge in [0.15, 0.2) is 0 Å². The quantitative estimate of drug-likeness (QED) is 0.687. The summed E-state index contributed by atoms with van der Waals surface area (Å²) >= 11 is 6.82. The van der Waals surface area contributed by atoms with Crippen molar-refractivity contribution in [3.8, 4) is 0 Å². The summed E-state index contributed by atoms with van der Waals surface area (Å²) in [6.07, 6.45) is 1.79. The van der Waals surface area contributed by atoms with Crippen molar-refractivity contribution in [1.82, 2.24) is 9.71 Å². The molecule has 2 N–H and O–H groups in total. The predicted octanol–water partition coefficient (Wildman–Crippen LogP) is 4.28. The lowest BCUT2D eigenvalue weighted by molar-refractivity contribution is 0.505. The zero-order valence-electron chi connectivity index (χ0n) is 13.1. The highest BCUT2D eigenvalue weighted by Crippen LogP contribution is 2.31. The summed E-state index contributed by atoms with van der Waals surface area (Å²) in [7, 11) is -3.61. The molecule has 2 aromatic heterocycles. The Labute approximate surface area is 148 Å². The molecule has 0 saturated carbocycles. The number of hydrogen-bond donors (Lipinski definition) is 2. The zero-order valence-corrected chi connectivity index (χ0v) is 15.4. The fourth-order valence-electron chi connectivity index (χ4n) is 2.54. The lowest BCUT2D eigenvalue weighted by Crippen LogP contribution is -2.36. The van der Waals surface area contributed by atoms with E-state index >= 15 is 0 Å². The van der Waals surface area contributed by atoms with Crippen molar-refractivity contribution in [2.24, 2.45) is 0 Å². The number of benzene rings is 1. The van der Waals surface area contributed by atoms with Gasteiger partial charge in [-0.1, -0.05) is 25.4 Å². The molecule has 0 bridgehead atoms. The van der Waals surface area contributed by atoms with E-state index in [0.717, 1.165) is 22.3 Å². The number of aromatic amines is 1. The van der Waals surface area contributed by atoms with Gasteiger partial charge >= 0.3 is 0 Å². The molecule has 3 rings (SSSR count). The van der Waals surface area contributed by atoms with E-state index in [1.807, 2.05) is 13.8 Å². The summed E-state index contributed by atoms with van der Waals surface area (Å²) in [5.74, 6) is -0.316. The monoisotopic (exact) mass is 386 g/mol. The fourth-order valence-corrected chi connectivity index (χ4v) is 5.28. The first kappa shape index (κ1) is 17.4. The molecule has 1 aromatic carbocycles. The first-order valence-corrected chi connectivity index (χ1v) is 9.89. The standard InChI is InChI=1S/C16H16ClFN2O2S2/c1-16(2,9-20-24(21,22)15-6-5-14(17)23-15)12-8-19-13-7-10(18)3-4-11(12)13/h3-8,19-20H,9H2,1-2H3. The third kappa shape index (κ3) is 3.35. The minimum Gasteiger partial charge on any atom is -0.361 e. The summed E-state index contributed by atoms with van der Waals surface area (Å²) in [5, 5.41) is 0.875. The van der Waals surface area contributed by atoms with Crippen molar-refractivity contribution < 1.29 is 12.8 Å². The van der Waals surface area contributed by atoms with E-state index in [4.69, 9.17) is 11.6 Å². The topological polar surface area (TPSA) is 62.0 Å². The number of H-pyrrole nitrogens is 1. The molecular weight excluding hydrogens is 371 g/mol. The normalized spacial score (nSPS) is 12.8. The average Bonchev–Trinajstić information content (AvgIpc) is 3.12. The Bertz CT molecular complexity index is 993. The van der Waals surface area contributed by atoms with Crippen molar-refractivity contribution in [2.75, 3.05) is 6.54 Å². The van der Waals surface area contributed by atoms with Crippen LogP contribution in [-0.4, -0.2) is 19.9 Å². The van der Waals surface area contributed by atoms with Gasteiger partial charge in [-0.05, 0) is 35.9 Å². The number of sulfonamides is 1. The summed E-state index contributed by atoms with van der Waals surface area (Å²) in [5.41, 5.74) is 1.12. The van der Waals surface area contributed by atoms with E-state index in [0.29, 0.717) is 9.85 Å². The summed E-state index contributed by atoms with van der Waals surface area (Å²) in [4.78, 5) is 3.03. The van der Waals surface area contributed by atoms with Crippen molar-refractivity contribution in [1.29, 1.82) is 0 Å². The Balaban J connectivity index is 1.85. The molecule has 0 spiro atoms. The van der Waals surface area contributed by atoms with Crippen molar-refractivity contribution in [3.63, 3.8) is 0 Å². The Morgan fingerprint density at radius 1 is 1.29 bits per heavy atom. The fraction of sp³-hybridized carbons (Fsp3) is 0.250. The van der Waals surface area contributed by atoms with Crippen LogP contribution in [0, 0.1) is 5.82 Å². The number of nitrogens with one attached hydrogen (secondary N) is 2. The van der Waals surface area contributed by atoms with Crippen LogP contribution in [0.3, 0.4) is 0 Å². The molecule has 2 heterocycles. The number of fused-ring (bicyclic) bond motifs is 1. The SMILES string of the molecule is CC(C)(CNS(=O)(=O)c1ccc(Cl)s1)c1c[nH]c2cc(F)ccc12. The van der Waals surface area contributed by atoms with Crippen molar-refractivity contribution >= 4 is 43.9 Å². The highest BCUT2D eigenvalue weighted by molar-refractivity contribution is 7.91. The second-order valence-corrected chi connectivity index (χ2v) is 9.87. The van der Waals surface area contributed by atoms with E-state index in [9.17, 15) is 12.8 Å². The molecule has 0 saturated heterocycles. The molecule has 8 heteroatoms. The second-order valence-electron chi connectivity index (χ2n) is 6.16. The minimum absolute atomic E-state index is 0.185. The molecule has 3 aromatic rings. The first-order chi connectivity index (χ1) is 11.2. The first-order valence-electron chi connectivity index (χ1n) is 7.21. The van der Waals surface area contributed by atoms with Crippen molar-refractivity contribution in [2.45, 2.75) is 23.5 Å².